The molecule has 0 saturated heterocycles. The number of fused-ring (bicyclic) bond motifs is 14. The average Bonchev–Trinajstić information content (AvgIpc) is 1.58. The molecule has 24 nitrogen and oxygen atoms in total. The Morgan fingerprint density at radius 2 is 0.643 bits per heavy atom. The number of aliphatic hydroxyl groups is 5. The molecule has 16 aliphatic rings. The van der Waals surface area contributed by atoms with Crippen molar-refractivity contribution in [3.05, 3.63) is 174 Å². The lowest BCUT2D eigenvalue weighted by molar-refractivity contribution is -0.158. The van der Waals surface area contributed by atoms with Crippen molar-refractivity contribution < 1.29 is 92.1 Å². The molecule has 690 valence electrons. The monoisotopic (exact) mass is 1970 g/mol. The van der Waals surface area contributed by atoms with Crippen LogP contribution in [0.5, 0.6) is 0 Å². The number of ether oxygens (including phenoxy) is 3. The zero-order valence-electron chi connectivity index (χ0n) is 71.4. The minimum Gasteiger partial charge on any atom is -0.381 e. The second-order valence-corrected chi connectivity index (χ2v) is 41.5. The molecule has 35 heteroatoms. The molecule has 6 aromatic carbocycles. The number of ketones is 5. The van der Waals surface area contributed by atoms with E-state index >= 15 is 0 Å². The molecule has 11 aliphatic carbocycles. The number of amides is 5. The van der Waals surface area contributed by atoms with Gasteiger partial charge in [0.25, 0.3) is 29.5 Å². The van der Waals surface area contributed by atoms with Crippen molar-refractivity contribution in [2.75, 3.05) is 62.0 Å². The first-order valence-corrected chi connectivity index (χ1v) is 47.0. The van der Waals surface area contributed by atoms with Gasteiger partial charge < -0.3 is 71.2 Å². The van der Waals surface area contributed by atoms with E-state index in [4.69, 9.17) is 130 Å². The number of rotatable bonds is 20. The summed E-state index contributed by atoms with van der Waals surface area (Å²) in [4.78, 5) is 130. The van der Waals surface area contributed by atoms with E-state index in [1.807, 2.05) is 0 Å². The van der Waals surface area contributed by atoms with Crippen molar-refractivity contribution >= 4 is 203 Å². The van der Waals surface area contributed by atoms with Gasteiger partial charge in [-0.2, -0.15) is 0 Å². The highest BCUT2D eigenvalue weighted by atomic mass is 35.5. The summed E-state index contributed by atoms with van der Waals surface area (Å²) in [7, 11) is 9.34. The van der Waals surface area contributed by atoms with Crippen molar-refractivity contribution in [1.82, 2.24) is 4.90 Å². The fraction of sp³-hybridized carbons (Fsp3) is 0.511. The maximum atomic E-state index is 14.4. The summed E-state index contributed by atoms with van der Waals surface area (Å²) in [6, 6.07) is 19.7. The lowest BCUT2D eigenvalue weighted by Gasteiger charge is -2.55. The minimum atomic E-state index is -2.20. The van der Waals surface area contributed by atoms with E-state index in [9.17, 15) is 77.9 Å². The standard InChI is InChI=1S/C20H24Cl2N2O3.C19H14Cl2FNO3.2C19H21Cl2NO4.C17H19Cl2NO4/c1-24(2)19-8-5-18(6-9-19,7-10-19)14(25)11-20(27)15-12(21)3-4-13(22)16(15)23-17(20)26;20-12-5-6-13(21)17-16(12)19(26,18(25)23-17)8-15(24)11-4-3-10(7-14(11)22)9-1-2-9;2*1-26-18-7-4-17(5-8-18,6-9-18)13(23)10-19(25)14-11(20)2-3-12(21)15(14)22-16(19)24;1-24-10-4-2-9(3-5-10)13(21)8-17(23)14-11(18)6-7-12(19)15(14)20-16(17)22/h3-4,27H,5-11H2,1-2H3,(H,23,26);3-7,9,26H,1-2,8H2,(H,23,25);2*2-3,25H,4-10H2,1H3,(H,22,24);6-7,9-10,23H,2-5,8H2,1H3,(H,20,22)/t18?,19?,20-;19-;2*17?,18?,19-;9?,10?,17-/m11100/s1. The number of hydrogen-bond donors (Lipinski definition) is 10. The molecule has 22 rings (SSSR count). The van der Waals surface area contributed by atoms with Crippen molar-refractivity contribution in [3.63, 3.8) is 0 Å². The van der Waals surface area contributed by atoms with E-state index in [-0.39, 0.29) is 157 Å². The number of nitrogens with one attached hydrogen (secondary N) is 5. The highest BCUT2D eigenvalue weighted by molar-refractivity contribution is 6.42. The first kappa shape index (κ1) is 97.0. The Labute approximate surface area is 794 Å². The highest BCUT2D eigenvalue weighted by Gasteiger charge is 2.62. The molecule has 129 heavy (non-hydrogen) atoms. The number of anilines is 5. The van der Waals surface area contributed by atoms with Gasteiger partial charge in [-0.05, 0) is 252 Å². The van der Waals surface area contributed by atoms with Gasteiger partial charge >= 0.3 is 0 Å². The minimum absolute atomic E-state index is 0.0417. The Kier molecular flexibility index (Phi) is 27.3. The zero-order valence-corrected chi connectivity index (χ0v) is 79.0. The number of Topliss-reactive ketones (excluding diaryl/α,β-unsaturated/α-hetero) is 5. The van der Waals surface area contributed by atoms with Crippen LogP contribution in [0, 0.1) is 28.0 Å². The molecule has 5 amide bonds. The van der Waals surface area contributed by atoms with Crippen LogP contribution in [-0.4, -0.2) is 147 Å². The molecule has 10 N–H and O–H groups in total. The summed E-state index contributed by atoms with van der Waals surface area (Å²) in [5.41, 5.74) is -8.59. The zero-order chi connectivity index (χ0) is 93.2. The number of benzene rings is 6. The Morgan fingerprint density at radius 3 is 0.907 bits per heavy atom. The van der Waals surface area contributed by atoms with Gasteiger partial charge in [0, 0.05) is 128 Å². The van der Waals surface area contributed by atoms with Gasteiger partial charge in [-0.15, -0.1) is 0 Å². The van der Waals surface area contributed by atoms with E-state index in [1.165, 1.54) is 42.5 Å². The normalized spacial score (nSPS) is 31.3. The number of carbonyl (C=O) groups excluding carboxylic acids is 10. The Balaban J connectivity index is 0.000000124. The first-order chi connectivity index (χ1) is 60.8. The van der Waals surface area contributed by atoms with Gasteiger partial charge in [0.05, 0.1) is 82.8 Å². The van der Waals surface area contributed by atoms with Gasteiger partial charge in [0.1, 0.15) is 29.0 Å². The van der Waals surface area contributed by atoms with Crippen LogP contribution >= 0.6 is 116 Å². The number of carbonyl (C=O) groups is 10. The molecule has 0 aromatic heterocycles. The summed E-state index contributed by atoms with van der Waals surface area (Å²) in [5.74, 6) is -4.90. The van der Waals surface area contributed by atoms with Crippen LogP contribution in [0.3, 0.4) is 0 Å². The SMILES string of the molecule is CN(C)C12CCC(C(=O)C[C@]3(O)C(=O)Nc4c(Cl)ccc(Cl)c43)(CC1)CC2.COC12CCC(C(=O)C[C@@]3(O)C(=O)Nc4c(Cl)ccc(Cl)c43)(CC1)CC2.COC12CCC(C(=O)C[C@]3(O)C(=O)Nc4c(Cl)ccc(Cl)c43)(CC1)CC2.COC1CCC(C(=O)C[C@@]2(O)C(=O)Nc3c(Cl)ccc(Cl)c32)CC1.O=C(C[C@]1(O)C(=O)Nc2c(Cl)ccc(Cl)c21)c1ccc(C2CC2)cc1F. The predicted octanol–water partition coefficient (Wildman–Crippen LogP) is 19.1. The van der Waals surface area contributed by atoms with Crippen LogP contribution in [-0.2, 0) is 85.4 Å². The van der Waals surface area contributed by atoms with E-state index in [1.54, 1.807) is 57.7 Å². The van der Waals surface area contributed by atoms with Gasteiger partial charge in [0.2, 0.25) is 0 Å². The molecule has 5 aliphatic heterocycles. The Hall–Kier alpha value is -6.51. The largest absolute Gasteiger partial charge is 0.381 e. The maximum Gasteiger partial charge on any atom is 0.261 e. The van der Waals surface area contributed by atoms with Crippen LogP contribution in [0.4, 0.5) is 32.8 Å². The molecular weight excluding hydrogens is 1870 g/mol. The number of nitrogens with zero attached hydrogens (tertiary/aromatic N) is 1. The van der Waals surface area contributed by atoms with Gasteiger partial charge in [-0.3, -0.25) is 47.9 Å². The summed E-state index contributed by atoms with van der Waals surface area (Å²) in [6.45, 7) is 0. The summed E-state index contributed by atoms with van der Waals surface area (Å²) in [5, 5.41) is 70.4. The third-order valence-electron chi connectivity index (χ3n) is 30.7. The maximum absolute atomic E-state index is 14.4. The molecular formula is C94H99Cl10FN6O18. The van der Waals surface area contributed by atoms with E-state index in [0.29, 0.717) is 50.9 Å². The van der Waals surface area contributed by atoms with Crippen molar-refractivity contribution in [1.29, 1.82) is 0 Å². The van der Waals surface area contributed by atoms with Crippen LogP contribution < -0.4 is 26.6 Å². The summed E-state index contributed by atoms with van der Waals surface area (Å²) in [6.07, 6.45) is 18.2. The van der Waals surface area contributed by atoms with Gasteiger partial charge in [-0.25, -0.2) is 4.39 Å². The smallest absolute Gasteiger partial charge is 0.261 e. The van der Waals surface area contributed by atoms with Crippen LogP contribution in [0.25, 0.3) is 0 Å². The third-order valence-corrected chi connectivity index (χ3v) is 33.9. The quantitative estimate of drug-likeness (QED) is 0.0317. The third kappa shape index (κ3) is 17.3. The lowest BCUT2D eigenvalue weighted by atomic mass is 9.54. The van der Waals surface area contributed by atoms with E-state index < -0.39 is 91.8 Å². The molecule has 5 atom stereocenters. The molecule has 0 radical (unpaired) electrons. The van der Waals surface area contributed by atoms with E-state index in [0.717, 1.165) is 147 Å². The Morgan fingerprint density at radius 1 is 0.372 bits per heavy atom. The predicted molar refractivity (Wildman–Crippen MR) is 490 cm³/mol. The Bertz CT molecular complexity index is 5460. The second-order valence-electron chi connectivity index (χ2n) is 37.5. The van der Waals surface area contributed by atoms with E-state index in [2.05, 4.69) is 45.6 Å². The van der Waals surface area contributed by atoms with Crippen LogP contribution in [0.2, 0.25) is 50.2 Å². The molecule has 6 aromatic rings. The van der Waals surface area contributed by atoms with Gasteiger partial charge in [0.15, 0.2) is 33.8 Å². The number of hydrogen-bond acceptors (Lipinski definition) is 19. The summed E-state index contributed by atoms with van der Waals surface area (Å²) < 4.78 is 31.0. The van der Waals surface area contributed by atoms with Crippen LogP contribution in [0.15, 0.2) is 78.9 Å². The number of methoxy groups -OCH3 is 3. The average molecular weight is 1970 g/mol. The molecule has 11 saturated carbocycles. The highest BCUT2D eigenvalue weighted by Crippen LogP contribution is 2.62. The fourth-order valence-electron chi connectivity index (χ4n) is 21.9. The van der Waals surface area contributed by atoms with Crippen molar-refractivity contribution in [2.45, 2.75) is 243 Å². The first-order valence-electron chi connectivity index (χ1n) is 43.2. The van der Waals surface area contributed by atoms with Crippen LogP contribution in [0.1, 0.15) is 236 Å². The molecule has 0 spiro atoms. The van der Waals surface area contributed by atoms with Crippen molar-refractivity contribution in [3.8, 4) is 0 Å². The molecule has 6 bridgehead atoms. The summed E-state index contributed by atoms with van der Waals surface area (Å²) >= 11 is 61.5. The molecule has 11 fully saturated rings. The fourth-order valence-corrected chi connectivity index (χ4v) is 24.5. The number of halogens is 11. The van der Waals surface area contributed by atoms with Gasteiger partial charge in [-0.1, -0.05) is 122 Å². The lowest BCUT2D eigenvalue weighted by Crippen LogP contribution is -2.56. The molecule has 0 unspecified atom stereocenters. The second kappa shape index (κ2) is 36.3. The van der Waals surface area contributed by atoms with Crippen molar-refractivity contribution in [2.24, 2.45) is 22.2 Å². The topological polar surface area (TPSA) is 363 Å². The molecule has 5 heterocycles.